The molecule has 0 saturated heterocycles. The first-order valence-corrected chi connectivity index (χ1v) is 12.3. The highest BCUT2D eigenvalue weighted by Gasteiger charge is 2.49. The monoisotopic (exact) mass is 471 g/mol. The van der Waals surface area contributed by atoms with Crippen LogP contribution < -0.4 is 15.8 Å². The van der Waals surface area contributed by atoms with E-state index in [4.69, 9.17) is 15.0 Å². The van der Waals surface area contributed by atoms with Crippen LogP contribution in [0.5, 0.6) is 5.88 Å². The molecule has 8 nitrogen and oxygen atoms in total. The van der Waals surface area contributed by atoms with Crippen molar-refractivity contribution in [3.8, 4) is 5.88 Å². The van der Waals surface area contributed by atoms with E-state index in [0.29, 0.717) is 16.7 Å². The van der Waals surface area contributed by atoms with Crippen molar-refractivity contribution in [3.63, 3.8) is 0 Å². The third kappa shape index (κ3) is 4.61. The number of nitrogens with one attached hydrogen (secondary N) is 1. The molecule has 1 aromatic heterocycles. The molecule has 33 heavy (non-hydrogen) atoms. The van der Waals surface area contributed by atoms with Crippen LogP contribution in [-0.2, 0) is 9.53 Å². The zero-order valence-electron chi connectivity index (χ0n) is 18.6. The smallest absolute Gasteiger partial charge is 0.326 e. The van der Waals surface area contributed by atoms with E-state index in [1.807, 2.05) is 30.3 Å². The van der Waals surface area contributed by atoms with Crippen molar-refractivity contribution in [1.82, 2.24) is 10.5 Å². The molecule has 9 heteroatoms. The standard InChI is InChI=1S/C24H29N3O5S/c1-30-24(29)18(25)12-31-23-21(33-17-5-3-2-4-6-17)20(32-27-23)22(28)26-19-15-8-13-7-14(10-15)11-16(19)9-13/h2-6,13-16,18-19H,7-12,25H2,1H3,(H,26,28)/t13?,14?,15?,16?,18-,19?/m0/s1. The Hall–Kier alpha value is -2.52. The Kier molecular flexibility index (Phi) is 6.34. The van der Waals surface area contributed by atoms with Crippen LogP contribution >= 0.6 is 11.8 Å². The fraction of sp³-hybridized carbons (Fsp3) is 0.542. The summed E-state index contributed by atoms with van der Waals surface area (Å²) in [4.78, 5) is 26.3. The van der Waals surface area contributed by atoms with Crippen molar-refractivity contribution in [3.05, 3.63) is 36.1 Å². The number of hydrogen-bond acceptors (Lipinski definition) is 8. The first kappa shape index (κ1) is 22.3. The van der Waals surface area contributed by atoms with Crippen LogP contribution in [0.3, 0.4) is 0 Å². The first-order chi connectivity index (χ1) is 16.0. The Bertz CT molecular complexity index is 983. The molecule has 4 aliphatic rings. The molecule has 6 rings (SSSR count). The number of benzene rings is 1. The zero-order valence-corrected chi connectivity index (χ0v) is 19.4. The van der Waals surface area contributed by atoms with Gasteiger partial charge in [-0.05, 0) is 73.1 Å². The second kappa shape index (κ2) is 9.38. The molecule has 1 aromatic carbocycles. The summed E-state index contributed by atoms with van der Waals surface area (Å²) in [7, 11) is 1.27. The number of carbonyl (C=O) groups is 2. The van der Waals surface area contributed by atoms with Gasteiger partial charge in [0.05, 0.1) is 7.11 Å². The summed E-state index contributed by atoms with van der Waals surface area (Å²) < 4.78 is 15.8. The van der Waals surface area contributed by atoms with Gasteiger partial charge in [0.1, 0.15) is 17.5 Å². The molecule has 0 aliphatic heterocycles. The molecule has 0 radical (unpaired) electrons. The third-order valence-corrected chi connectivity index (χ3v) is 8.29. The number of rotatable bonds is 8. The summed E-state index contributed by atoms with van der Waals surface area (Å²) in [5.74, 6) is 2.15. The van der Waals surface area contributed by atoms with Crippen molar-refractivity contribution in [2.75, 3.05) is 13.7 Å². The number of amides is 1. The van der Waals surface area contributed by atoms with E-state index in [0.717, 1.165) is 16.7 Å². The van der Waals surface area contributed by atoms with Crippen LogP contribution in [-0.4, -0.2) is 42.8 Å². The second-order valence-electron chi connectivity index (χ2n) is 9.43. The van der Waals surface area contributed by atoms with E-state index in [1.165, 1.54) is 51.0 Å². The Morgan fingerprint density at radius 1 is 1.15 bits per heavy atom. The fourth-order valence-electron chi connectivity index (χ4n) is 5.97. The van der Waals surface area contributed by atoms with Gasteiger partial charge in [0, 0.05) is 10.9 Å². The Labute approximate surface area is 196 Å². The summed E-state index contributed by atoms with van der Waals surface area (Å²) in [6, 6.07) is 8.83. The molecule has 1 heterocycles. The minimum Gasteiger partial charge on any atom is -0.472 e. The number of nitrogens with zero attached hydrogens (tertiary/aromatic N) is 1. The normalized spacial score (nSPS) is 28.4. The minimum absolute atomic E-state index is 0.124. The van der Waals surface area contributed by atoms with Crippen LogP contribution in [0, 0.1) is 23.7 Å². The lowest BCUT2D eigenvalue weighted by Crippen LogP contribution is -2.55. The van der Waals surface area contributed by atoms with Gasteiger partial charge in [0.2, 0.25) is 5.76 Å². The molecule has 4 bridgehead atoms. The maximum Gasteiger partial charge on any atom is 0.326 e. The number of hydrogen-bond donors (Lipinski definition) is 2. The number of esters is 1. The number of carbonyl (C=O) groups excluding carboxylic acids is 2. The van der Waals surface area contributed by atoms with Crippen LogP contribution in [0.15, 0.2) is 44.6 Å². The predicted molar refractivity (Wildman–Crippen MR) is 121 cm³/mol. The van der Waals surface area contributed by atoms with Crippen molar-refractivity contribution in [1.29, 1.82) is 0 Å². The van der Waals surface area contributed by atoms with E-state index >= 15 is 0 Å². The lowest BCUT2D eigenvalue weighted by atomic mass is 9.54. The van der Waals surface area contributed by atoms with Crippen LogP contribution in [0.2, 0.25) is 0 Å². The minimum atomic E-state index is -0.966. The van der Waals surface area contributed by atoms with Crippen molar-refractivity contribution in [2.45, 2.75) is 54.0 Å². The maximum absolute atomic E-state index is 13.3. The van der Waals surface area contributed by atoms with Gasteiger partial charge in [-0.3, -0.25) is 9.59 Å². The highest BCUT2D eigenvalue weighted by atomic mass is 32.2. The molecule has 0 unspecified atom stereocenters. The lowest BCUT2D eigenvalue weighted by molar-refractivity contribution is -0.142. The van der Waals surface area contributed by atoms with Gasteiger partial charge in [-0.25, -0.2) is 0 Å². The highest BCUT2D eigenvalue weighted by molar-refractivity contribution is 7.99. The summed E-state index contributed by atoms with van der Waals surface area (Å²) in [6.45, 7) is -0.141. The molecule has 4 aliphatic carbocycles. The predicted octanol–water partition coefficient (Wildman–Crippen LogP) is 3.26. The fourth-order valence-corrected chi connectivity index (χ4v) is 6.90. The molecule has 1 atom stereocenters. The summed E-state index contributed by atoms with van der Waals surface area (Å²) >= 11 is 1.33. The quantitative estimate of drug-likeness (QED) is 0.564. The first-order valence-electron chi connectivity index (χ1n) is 11.5. The van der Waals surface area contributed by atoms with Crippen LogP contribution in [0.25, 0.3) is 0 Å². The Morgan fingerprint density at radius 2 is 1.82 bits per heavy atom. The van der Waals surface area contributed by atoms with E-state index in [9.17, 15) is 9.59 Å². The van der Waals surface area contributed by atoms with Gasteiger partial charge in [-0.2, -0.15) is 0 Å². The molecule has 176 valence electrons. The summed E-state index contributed by atoms with van der Waals surface area (Å²) in [5.41, 5.74) is 5.79. The van der Waals surface area contributed by atoms with Gasteiger partial charge < -0.3 is 25.0 Å². The largest absolute Gasteiger partial charge is 0.472 e. The zero-order chi connectivity index (χ0) is 22.9. The molecule has 3 N–H and O–H groups in total. The second-order valence-corrected chi connectivity index (χ2v) is 10.5. The molecule has 4 saturated carbocycles. The number of aromatic nitrogens is 1. The molecular formula is C24H29N3O5S. The van der Waals surface area contributed by atoms with Gasteiger partial charge in [-0.1, -0.05) is 30.0 Å². The summed E-state index contributed by atoms with van der Waals surface area (Å²) in [5, 5.41) is 7.26. The van der Waals surface area contributed by atoms with E-state index < -0.39 is 12.0 Å². The number of ether oxygens (including phenoxy) is 2. The van der Waals surface area contributed by atoms with Crippen molar-refractivity contribution >= 4 is 23.6 Å². The Morgan fingerprint density at radius 3 is 2.45 bits per heavy atom. The van der Waals surface area contributed by atoms with Gasteiger partial charge in [-0.15, -0.1) is 0 Å². The van der Waals surface area contributed by atoms with Gasteiger partial charge in [0.15, 0.2) is 0 Å². The average molecular weight is 472 g/mol. The SMILES string of the molecule is COC(=O)[C@@H](N)COc1noc(C(=O)NC2C3CC4CC(C3)CC2C4)c1Sc1ccccc1. The van der Waals surface area contributed by atoms with Crippen molar-refractivity contribution < 1.29 is 23.6 Å². The van der Waals surface area contributed by atoms with E-state index in [1.54, 1.807) is 0 Å². The third-order valence-electron chi connectivity index (χ3n) is 7.22. The molecular weight excluding hydrogens is 442 g/mol. The van der Waals surface area contributed by atoms with Gasteiger partial charge >= 0.3 is 5.97 Å². The molecule has 2 aromatic rings. The molecule has 0 spiro atoms. The highest BCUT2D eigenvalue weighted by Crippen LogP contribution is 2.53. The topological polar surface area (TPSA) is 117 Å². The lowest BCUT2D eigenvalue weighted by Gasteiger charge is -2.54. The average Bonchev–Trinajstić information content (AvgIpc) is 3.21. The number of methoxy groups -OCH3 is 1. The van der Waals surface area contributed by atoms with Crippen molar-refractivity contribution in [2.24, 2.45) is 29.4 Å². The van der Waals surface area contributed by atoms with Crippen LogP contribution in [0.4, 0.5) is 0 Å². The number of nitrogens with two attached hydrogens (primary N) is 1. The van der Waals surface area contributed by atoms with E-state index in [2.05, 4.69) is 15.2 Å². The molecule has 1 amide bonds. The molecule has 4 fully saturated rings. The Balaban J connectivity index is 1.35. The van der Waals surface area contributed by atoms with Gasteiger partial charge in [0.25, 0.3) is 11.8 Å². The van der Waals surface area contributed by atoms with Crippen LogP contribution in [0.1, 0.15) is 42.7 Å². The van der Waals surface area contributed by atoms with E-state index in [-0.39, 0.29) is 30.2 Å². The summed E-state index contributed by atoms with van der Waals surface area (Å²) in [6.07, 6.45) is 6.20. The maximum atomic E-state index is 13.3.